The highest BCUT2D eigenvalue weighted by Crippen LogP contribution is 2.24. The van der Waals surface area contributed by atoms with Gasteiger partial charge >= 0.3 is 0 Å². The Morgan fingerprint density at radius 3 is 2.32 bits per heavy atom. The monoisotopic (exact) mass is 272 g/mol. The molecule has 1 rings (SSSR count). The molecule has 0 amide bonds. The molecule has 3 nitrogen and oxygen atoms in total. The van der Waals surface area contributed by atoms with Gasteiger partial charge in [-0.1, -0.05) is 6.92 Å². The Morgan fingerprint density at radius 2 is 1.84 bits per heavy atom. The van der Waals surface area contributed by atoms with Gasteiger partial charge in [0.05, 0.1) is 0 Å². The number of hydrogen-bond acceptors (Lipinski definition) is 3. The lowest BCUT2D eigenvalue weighted by Gasteiger charge is -2.14. The number of benzene rings is 1. The fraction of sp³-hybridized carbons (Fsp3) is 0.571. The molecule has 0 aromatic heterocycles. The molecule has 0 aliphatic carbocycles. The number of rotatable bonds is 7. The third-order valence-electron chi connectivity index (χ3n) is 2.87. The zero-order valence-corrected chi connectivity index (χ0v) is 11.7. The lowest BCUT2D eigenvalue weighted by molar-refractivity contribution is 0.242. The Hall–Kier alpha value is -1.20. The number of ether oxygens (including phenoxy) is 1. The summed E-state index contributed by atoms with van der Waals surface area (Å²) in [7, 11) is 3.73. The molecule has 108 valence electrons. The fourth-order valence-electron chi connectivity index (χ4n) is 1.65. The molecule has 19 heavy (non-hydrogen) atoms. The summed E-state index contributed by atoms with van der Waals surface area (Å²) in [6, 6.07) is 2.51. The molecular weight excluding hydrogens is 250 g/mol. The van der Waals surface area contributed by atoms with Crippen molar-refractivity contribution in [1.82, 2.24) is 4.90 Å². The zero-order chi connectivity index (χ0) is 14.4. The van der Waals surface area contributed by atoms with Crippen molar-refractivity contribution < 1.29 is 13.5 Å². The lowest BCUT2D eigenvalue weighted by atomic mass is 10.0. The van der Waals surface area contributed by atoms with Crippen molar-refractivity contribution in [2.45, 2.75) is 25.8 Å². The van der Waals surface area contributed by atoms with Gasteiger partial charge in [-0.15, -0.1) is 0 Å². The Morgan fingerprint density at radius 1 is 1.26 bits per heavy atom. The number of halogens is 2. The molecule has 1 unspecified atom stereocenters. The van der Waals surface area contributed by atoms with E-state index in [-0.39, 0.29) is 18.4 Å². The van der Waals surface area contributed by atoms with Crippen LogP contribution in [0.25, 0.3) is 0 Å². The Kier molecular flexibility index (Phi) is 6.18. The molecule has 0 saturated carbocycles. The first-order chi connectivity index (χ1) is 8.93. The minimum atomic E-state index is -0.669. The molecular formula is C14H22F2N2O. The maximum atomic E-state index is 13.8. The number of nitrogens with two attached hydrogens (primary N) is 1. The van der Waals surface area contributed by atoms with E-state index in [1.54, 1.807) is 0 Å². The summed E-state index contributed by atoms with van der Waals surface area (Å²) in [5.74, 6) is -1.65. The topological polar surface area (TPSA) is 38.5 Å². The van der Waals surface area contributed by atoms with Crippen LogP contribution in [0.5, 0.6) is 5.75 Å². The second-order valence-corrected chi connectivity index (χ2v) is 4.91. The Bertz CT molecular complexity index is 387. The maximum Gasteiger partial charge on any atom is 0.190 e. The largest absolute Gasteiger partial charge is 0.486 e. The lowest BCUT2D eigenvalue weighted by Crippen LogP contribution is -2.22. The van der Waals surface area contributed by atoms with Crippen molar-refractivity contribution in [3.63, 3.8) is 0 Å². The van der Waals surface area contributed by atoms with Crippen molar-refractivity contribution in [3.05, 3.63) is 29.3 Å². The molecule has 0 radical (unpaired) electrons. The highest BCUT2D eigenvalue weighted by atomic mass is 19.1. The van der Waals surface area contributed by atoms with E-state index in [2.05, 4.69) is 0 Å². The molecule has 1 aromatic rings. The van der Waals surface area contributed by atoms with E-state index < -0.39 is 11.6 Å². The van der Waals surface area contributed by atoms with E-state index in [4.69, 9.17) is 10.5 Å². The molecule has 0 spiro atoms. The summed E-state index contributed by atoms with van der Waals surface area (Å²) in [5, 5.41) is 0. The first kappa shape index (κ1) is 15.9. The predicted molar refractivity (Wildman–Crippen MR) is 72.4 cm³/mol. The third kappa shape index (κ3) is 5.12. The van der Waals surface area contributed by atoms with Crippen LogP contribution in [-0.4, -0.2) is 38.2 Å². The van der Waals surface area contributed by atoms with E-state index in [0.717, 1.165) is 6.42 Å². The van der Waals surface area contributed by atoms with Gasteiger partial charge in [0.1, 0.15) is 6.61 Å². The first-order valence-electron chi connectivity index (χ1n) is 6.45. The van der Waals surface area contributed by atoms with Crippen molar-refractivity contribution >= 4 is 0 Å². The Balaban J connectivity index is 2.74. The van der Waals surface area contributed by atoms with Crippen LogP contribution in [0, 0.1) is 11.6 Å². The van der Waals surface area contributed by atoms with Crippen LogP contribution in [0.2, 0.25) is 0 Å². The molecule has 0 bridgehead atoms. The van der Waals surface area contributed by atoms with Crippen LogP contribution in [0.15, 0.2) is 12.1 Å². The van der Waals surface area contributed by atoms with Gasteiger partial charge in [0.2, 0.25) is 0 Å². The second kappa shape index (κ2) is 7.40. The molecule has 2 N–H and O–H groups in total. The quantitative estimate of drug-likeness (QED) is 0.827. The van der Waals surface area contributed by atoms with Gasteiger partial charge in [0.25, 0.3) is 0 Å². The van der Waals surface area contributed by atoms with Crippen molar-refractivity contribution in [2.24, 2.45) is 5.73 Å². The number of likely N-dealkylation sites (N-methyl/N-ethyl adjacent to an activating group) is 1. The van der Waals surface area contributed by atoms with Crippen molar-refractivity contribution in [2.75, 3.05) is 27.2 Å². The molecule has 0 aliphatic rings. The molecule has 5 heteroatoms. The highest BCUT2D eigenvalue weighted by molar-refractivity contribution is 5.31. The summed E-state index contributed by atoms with van der Waals surface area (Å²) in [6.45, 7) is 2.78. The minimum absolute atomic E-state index is 0.0840. The van der Waals surface area contributed by atoms with Gasteiger partial charge in [0.15, 0.2) is 17.4 Å². The Labute approximate surface area is 113 Å². The van der Waals surface area contributed by atoms with Gasteiger partial charge < -0.3 is 15.4 Å². The summed E-state index contributed by atoms with van der Waals surface area (Å²) in [4.78, 5) is 1.88. The van der Waals surface area contributed by atoms with Gasteiger partial charge in [0, 0.05) is 12.6 Å². The second-order valence-electron chi connectivity index (χ2n) is 4.91. The number of nitrogens with zero attached hydrogens (tertiary/aromatic N) is 1. The first-order valence-corrected chi connectivity index (χ1v) is 6.45. The maximum absolute atomic E-state index is 13.8. The van der Waals surface area contributed by atoms with Crippen LogP contribution >= 0.6 is 0 Å². The van der Waals surface area contributed by atoms with Crippen LogP contribution in [0.1, 0.15) is 18.9 Å². The van der Waals surface area contributed by atoms with E-state index in [9.17, 15) is 8.78 Å². The molecule has 0 saturated heterocycles. The normalized spacial score (nSPS) is 12.8. The fourth-order valence-corrected chi connectivity index (χ4v) is 1.65. The van der Waals surface area contributed by atoms with Crippen LogP contribution in [0.3, 0.4) is 0 Å². The molecule has 0 heterocycles. The molecule has 0 aliphatic heterocycles. The van der Waals surface area contributed by atoms with Crippen LogP contribution in [0.4, 0.5) is 8.78 Å². The van der Waals surface area contributed by atoms with Gasteiger partial charge in [-0.05, 0) is 44.6 Å². The van der Waals surface area contributed by atoms with E-state index in [0.29, 0.717) is 18.5 Å². The van der Waals surface area contributed by atoms with E-state index in [1.807, 2.05) is 25.9 Å². The van der Waals surface area contributed by atoms with Gasteiger partial charge in [-0.2, -0.15) is 0 Å². The number of hydrogen-bond donors (Lipinski definition) is 1. The van der Waals surface area contributed by atoms with Crippen molar-refractivity contribution in [3.8, 4) is 5.75 Å². The highest BCUT2D eigenvalue weighted by Gasteiger charge is 2.14. The van der Waals surface area contributed by atoms with Crippen LogP contribution < -0.4 is 10.5 Å². The smallest absolute Gasteiger partial charge is 0.190 e. The van der Waals surface area contributed by atoms with Gasteiger partial charge in [-0.25, -0.2) is 8.78 Å². The van der Waals surface area contributed by atoms with E-state index in [1.165, 1.54) is 12.1 Å². The zero-order valence-electron chi connectivity index (χ0n) is 11.7. The summed E-state index contributed by atoms with van der Waals surface area (Å²) in [5.41, 5.74) is 6.33. The SMILES string of the molecule is CCC(N)Cc1cc(F)c(OCCN(C)C)c(F)c1. The molecule has 1 aromatic carbocycles. The average molecular weight is 272 g/mol. The predicted octanol–water partition coefficient (Wildman–Crippen LogP) is 2.19. The minimum Gasteiger partial charge on any atom is -0.486 e. The van der Waals surface area contributed by atoms with Crippen LogP contribution in [-0.2, 0) is 6.42 Å². The average Bonchev–Trinajstić information content (AvgIpc) is 2.32. The van der Waals surface area contributed by atoms with Gasteiger partial charge in [-0.3, -0.25) is 0 Å². The third-order valence-corrected chi connectivity index (χ3v) is 2.87. The summed E-state index contributed by atoms with van der Waals surface area (Å²) < 4.78 is 32.7. The molecule has 0 fully saturated rings. The summed E-state index contributed by atoms with van der Waals surface area (Å²) >= 11 is 0. The summed E-state index contributed by atoms with van der Waals surface area (Å²) in [6.07, 6.45) is 1.23. The standard InChI is InChI=1S/C14H22F2N2O/c1-4-11(17)7-10-8-12(15)14(13(16)9-10)19-6-5-18(2)3/h8-9,11H,4-7,17H2,1-3H3. The van der Waals surface area contributed by atoms with Crippen molar-refractivity contribution in [1.29, 1.82) is 0 Å². The van der Waals surface area contributed by atoms with E-state index >= 15 is 0 Å². The molecule has 1 atom stereocenters.